The van der Waals surface area contributed by atoms with E-state index in [1.54, 1.807) is 0 Å². The van der Waals surface area contributed by atoms with E-state index in [1.165, 1.54) is 0 Å². The van der Waals surface area contributed by atoms with Gasteiger partial charge in [0.15, 0.2) is 5.82 Å². The van der Waals surface area contributed by atoms with Gasteiger partial charge in [0.2, 0.25) is 5.89 Å². The van der Waals surface area contributed by atoms with E-state index in [0.29, 0.717) is 24.9 Å². The average Bonchev–Trinajstić information content (AvgIpc) is 3.12. The van der Waals surface area contributed by atoms with Crippen molar-refractivity contribution in [3.63, 3.8) is 0 Å². The molecule has 1 atom stereocenters. The molecule has 7 nitrogen and oxygen atoms in total. The maximum atomic E-state index is 13.0. The summed E-state index contributed by atoms with van der Waals surface area (Å²) in [6.07, 6.45) is 4.26. The number of amides is 1. The molecule has 0 aromatic carbocycles. The summed E-state index contributed by atoms with van der Waals surface area (Å²) < 4.78 is 7.53. The Morgan fingerprint density at radius 1 is 1.32 bits per heavy atom. The van der Waals surface area contributed by atoms with Gasteiger partial charge in [0.25, 0.3) is 5.91 Å². The number of carbonyl (C=O) groups is 1. The second-order valence-corrected chi connectivity index (χ2v) is 7.41. The van der Waals surface area contributed by atoms with Crippen LogP contribution in [-0.2, 0) is 0 Å². The summed E-state index contributed by atoms with van der Waals surface area (Å²) >= 11 is 0. The summed E-state index contributed by atoms with van der Waals surface area (Å²) in [6, 6.07) is 4.04. The molecule has 0 unspecified atom stereocenters. The molecule has 1 amide bonds. The van der Waals surface area contributed by atoms with Crippen LogP contribution in [0.2, 0.25) is 0 Å². The second kappa shape index (κ2) is 6.29. The topological polar surface area (TPSA) is 67.4 Å². The van der Waals surface area contributed by atoms with E-state index in [-0.39, 0.29) is 18.0 Å². The van der Waals surface area contributed by atoms with Crippen molar-refractivity contribution in [2.75, 3.05) is 26.7 Å². The lowest BCUT2D eigenvalue weighted by Gasteiger charge is -2.37. The molecule has 2 aromatic rings. The number of rotatable bonds is 4. The summed E-state index contributed by atoms with van der Waals surface area (Å²) in [5, 5.41) is 4.12. The third-order valence-electron chi connectivity index (χ3n) is 5.17. The Labute approximate surface area is 147 Å². The third-order valence-corrected chi connectivity index (χ3v) is 5.17. The second-order valence-electron chi connectivity index (χ2n) is 7.41. The summed E-state index contributed by atoms with van der Waals surface area (Å²) in [5.41, 5.74) is 0.738. The smallest absolute Gasteiger partial charge is 0.270 e. The van der Waals surface area contributed by atoms with E-state index in [0.717, 1.165) is 30.9 Å². The number of hydrogen-bond acceptors (Lipinski definition) is 5. The molecule has 1 aliphatic heterocycles. The van der Waals surface area contributed by atoms with Crippen LogP contribution in [0.25, 0.3) is 0 Å². The average molecular weight is 343 g/mol. The molecule has 2 aromatic heterocycles. The zero-order valence-corrected chi connectivity index (χ0v) is 15.1. The van der Waals surface area contributed by atoms with Gasteiger partial charge in [0.1, 0.15) is 11.7 Å². The predicted octanol–water partition coefficient (Wildman–Crippen LogP) is 2.46. The highest BCUT2D eigenvalue weighted by molar-refractivity contribution is 5.93. The molecule has 0 bridgehead atoms. The maximum Gasteiger partial charge on any atom is 0.270 e. The largest absolute Gasteiger partial charge is 0.341 e. The normalized spacial score (nSPS) is 21.9. The Morgan fingerprint density at radius 3 is 2.84 bits per heavy atom. The number of piperazine rings is 1. The van der Waals surface area contributed by atoms with Gasteiger partial charge in [-0.3, -0.25) is 9.69 Å². The van der Waals surface area contributed by atoms with Crippen LogP contribution in [-0.4, -0.2) is 57.1 Å². The number of carbonyl (C=O) groups excluding carboxylic acids is 1. The van der Waals surface area contributed by atoms with E-state index in [2.05, 4.69) is 28.9 Å². The first kappa shape index (κ1) is 16.3. The quantitative estimate of drug-likeness (QED) is 0.853. The van der Waals surface area contributed by atoms with E-state index < -0.39 is 0 Å². The Kier molecular flexibility index (Phi) is 4.11. The molecule has 2 fully saturated rings. The maximum absolute atomic E-state index is 13.0. The highest BCUT2D eigenvalue weighted by Gasteiger charge is 2.35. The number of likely N-dealkylation sites (N-methyl/N-ethyl adjacent to an activating group) is 1. The SMILES string of the molecule is CC(C)n1cccc1C(=O)N1CCN(C)[C@H](c2nc(C3CC3)no2)C1. The molecule has 3 heterocycles. The van der Waals surface area contributed by atoms with Crippen LogP contribution in [0.15, 0.2) is 22.9 Å². The lowest BCUT2D eigenvalue weighted by atomic mass is 10.1. The van der Waals surface area contributed by atoms with E-state index in [1.807, 2.05) is 34.8 Å². The molecule has 7 heteroatoms. The monoisotopic (exact) mass is 343 g/mol. The minimum absolute atomic E-state index is 0.0415. The Hall–Kier alpha value is -2.15. The summed E-state index contributed by atoms with van der Waals surface area (Å²) in [5.74, 6) is 1.99. The number of aromatic nitrogens is 3. The first-order valence-electron chi connectivity index (χ1n) is 9.04. The summed E-state index contributed by atoms with van der Waals surface area (Å²) in [4.78, 5) is 21.7. The highest BCUT2D eigenvalue weighted by Crippen LogP contribution is 2.38. The van der Waals surface area contributed by atoms with Crippen molar-refractivity contribution in [2.24, 2.45) is 0 Å². The molecular formula is C18H25N5O2. The van der Waals surface area contributed by atoms with Gasteiger partial charge in [-0.15, -0.1) is 0 Å². The van der Waals surface area contributed by atoms with Gasteiger partial charge < -0.3 is 14.0 Å². The molecule has 0 radical (unpaired) electrons. The number of hydrogen-bond donors (Lipinski definition) is 0. The Bertz CT molecular complexity index is 761. The van der Waals surface area contributed by atoms with Crippen molar-refractivity contribution in [1.29, 1.82) is 0 Å². The molecule has 25 heavy (non-hydrogen) atoms. The van der Waals surface area contributed by atoms with Gasteiger partial charge in [0, 0.05) is 37.8 Å². The van der Waals surface area contributed by atoms with Crippen molar-refractivity contribution >= 4 is 5.91 Å². The molecule has 0 N–H and O–H groups in total. The molecule has 0 spiro atoms. The van der Waals surface area contributed by atoms with Gasteiger partial charge in [-0.05, 0) is 45.9 Å². The van der Waals surface area contributed by atoms with Crippen LogP contribution < -0.4 is 0 Å². The highest BCUT2D eigenvalue weighted by atomic mass is 16.5. The van der Waals surface area contributed by atoms with Gasteiger partial charge in [-0.1, -0.05) is 5.16 Å². The Balaban J connectivity index is 1.53. The van der Waals surface area contributed by atoms with Gasteiger partial charge in [0.05, 0.1) is 0 Å². The molecule has 1 aliphatic carbocycles. The molecule has 2 aliphatic rings. The fourth-order valence-electron chi connectivity index (χ4n) is 3.40. The van der Waals surface area contributed by atoms with Crippen molar-refractivity contribution in [3.8, 4) is 0 Å². The molecular weight excluding hydrogens is 318 g/mol. The van der Waals surface area contributed by atoms with Crippen molar-refractivity contribution in [2.45, 2.75) is 44.7 Å². The summed E-state index contributed by atoms with van der Waals surface area (Å²) in [7, 11) is 2.05. The Morgan fingerprint density at radius 2 is 2.12 bits per heavy atom. The number of nitrogens with zero attached hydrogens (tertiary/aromatic N) is 5. The zero-order chi connectivity index (χ0) is 17.6. The predicted molar refractivity (Wildman–Crippen MR) is 92.4 cm³/mol. The van der Waals surface area contributed by atoms with Gasteiger partial charge in [-0.2, -0.15) is 4.98 Å². The van der Waals surface area contributed by atoms with Crippen molar-refractivity contribution < 1.29 is 9.32 Å². The van der Waals surface area contributed by atoms with Gasteiger partial charge >= 0.3 is 0 Å². The van der Waals surface area contributed by atoms with E-state index in [4.69, 9.17) is 4.52 Å². The van der Waals surface area contributed by atoms with Crippen LogP contribution in [0, 0.1) is 0 Å². The van der Waals surface area contributed by atoms with Crippen LogP contribution in [0.5, 0.6) is 0 Å². The first-order valence-corrected chi connectivity index (χ1v) is 9.04. The van der Waals surface area contributed by atoms with Crippen LogP contribution >= 0.6 is 0 Å². The molecule has 1 saturated heterocycles. The zero-order valence-electron chi connectivity index (χ0n) is 15.1. The van der Waals surface area contributed by atoms with E-state index >= 15 is 0 Å². The first-order chi connectivity index (χ1) is 12.0. The third kappa shape index (κ3) is 3.08. The van der Waals surface area contributed by atoms with Crippen LogP contribution in [0.1, 0.15) is 66.9 Å². The fourth-order valence-corrected chi connectivity index (χ4v) is 3.40. The van der Waals surface area contributed by atoms with E-state index in [9.17, 15) is 4.79 Å². The summed E-state index contributed by atoms with van der Waals surface area (Å²) in [6.45, 7) is 6.24. The standard InChI is InChI=1S/C18H25N5O2/c1-12(2)23-8-4-5-14(23)18(24)22-10-9-21(3)15(11-22)17-19-16(20-25-17)13-6-7-13/h4-5,8,12-13,15H,6-7,9-11H2,1-3H3/t15-/m0/s1. The van der Waals surface area contributed by atoms with Gasteiger partial charge in [-0.25, -0.2) is 0 Å². The molecule has 134 valence electrons. The van der Waals surface area contributed by atoms with Crippen molar-refractivity contribution in [1.82, 2.24) is 24.5 Å². The van der Waals surface area contributed by atoms with Crippen LogP contribution in [0.3, 0.4) is 0 Å². The lowest BCUT2D eigenvalue weighted by Crippen LogP contribution is -2.49. The molecule has 4 rings (SSSR count). The van der Waals surface area contributed by atoms with Crippen LogP contribution in [0.4, 0.5) is 0 Å². The van der Waals surface area contributed by atoms with Crippen molar-refractivity contribution in [3.05, 3.63) is 35.7 Å². The minimum Gasteiger partial charge on any atom is -0.341 e. The lowest BCUT2D eigenvalue weighted by molar-refractivity contribution is 0.0478. The molecule has 1 saturated carbocycles. The minimum atomic E-state index is -0.0415. The fraction of sp³-hybridized carbons (Fsp3) is 0.611.